The Kier molecular flexibility index (Phi) is 7.06. The van der Waals surface area contributed by atoms with Gasteiger partial charge in [-0.05, 0) is 50.6 Å². The highest BCUT2D eigenvalue weighted by molar-refractivity contribution is 7.99. The van der Waals surface area contributed by atoms with E-state index in [1.165, 1.54) is 23.9 Å². The van der Waals surface area contributed by atoms with Crippen LogP contribution in [0.4, 0.5) is 10.1 Å². The minimum atomic E-state index is -0.409. The van der Waals surface area contributed by atoms with Crippen LogP contribution in [0.25, 0.3) is 0 Å². The molecule has 1 heterocycles. The lowest BCUT2D eigenvalue weighted by atomic mass is 10.1. The predicted molar refractivity (Wildman–Crippen MR) is 119 cm³/mol. The molecule has 0 aliphatic rings. The molecule has 9 heteroatoms. The zero-order valence-corrected chi connectivity index (χ0v) is 18.6. The molecule has 1 atom stereocenters. The standard InChI is InChI=1S/C22H24FN5O2S/c1-13-5-8-16(9-6-13)21(30)24-15(3)20-26-27-22(28(20)4)31-12-19(29)25-18-11-17(23)10-7-14(18)2/h5-11,15H,12H2,1-4H3,(H,24,30)(H,25,29)/t15-/m1/s1. The first-order valence-corrected chi connectivity index (χ1v) is 10.7. The van der Waals surface area contributed by atoms with Crippen molar-refractivity contribution in [2.24, 2.45) is 7.05 Å². The van der Waals surface area contributed by atoms with Crippen LogP contribution in [0.5, 0.6) is 0 Å². The summed E-state index contributed by atoms with van der Waals surface area (Å²) in [7, 11) is 1.78. The Bertz CT molecular complexity index is 1100. The first-order chi connectivity index (χ1) is 14.7. The maximum atomic E-state index is 13.4. The molecule has 0 bridgehead atoms. The number of amides is 2. The summed E-state index contributed by atoms with van der Waals surface area (Å²) in [6.07, 6.45) is 0. The summed E-state index contributed by atoms with van der Waals surface area (Å²) < 4.78 is 15.1. The Hall–Kier alpha value is -3.20. The van der Waals surface area contributed by atoms with Crippen molar-refractivity contribution in [2.75, 3.05) is 11.1 Å². The Morgan fingerprint density at radius 1 is 1.13 bits per heavy atom. The number of carbonyl (C=O) groups excluding carboxylic acids is 2. The van der Waals surface area contributed by atoms with Crippen molar-refractivity contribution in [2.45, 2.75) is 32.0 Å². The van der Waals surface area contributed by atoms with Gasteiger partial charge in [0, 0.05) is 18.3 Å². The van der Waals surface area contributed by atoms with Gasteiger partial charge in [-0.25, -0.2) is 4.39 Å². The van der Waals surface area contributed by atoms with Crippen molar-refractivity contribution in [1.29, 1.82) is 0 Å². The maximum Gasteiger partial charge on any atom is 0.251 e. The van der Waals surface area contributed by atoms with E-state index >= 15 is 0 Å². The summed E-state index contributed by atoms with van der Waals surface area (Å²) in [6.45, 7) is 5.58. The summed E-state index contributed by atoms with van der Waals surface area (Å²) in [5.74, 6) is -0.220. The molecule has 1 aromatic heterocycles. The predicted octanol–water partition coefficient (Wildman–Crippen LogP) is 3.79. The van der Waals surface area contributed by atoms with Gasteiger partial charge in [-0.3, -0.25) is 9.59 Å². The number of aryl methyl sites for hydroxylation is 2. The molecule has 7 nitrogen and oxygen atoms in total. The molecule has 2 aromatic carbocycles. The van der Waals surface area contributed by atoms with Crippen LogP contribution in [0.15, 0.2) is 47.6 Å². The number of halogens is 1. The number of nitrogens with one attached hydrogen (secondary N) is 2. The van der Waals surface area contributed by atoms with Crippen LogP contribution < -0.4 is 10.6 Å². The van der Waals surface area contributed by atoms with Crippen molar-refractivity contribution in [1.82, 2.24) is 20.1 Å². The number of thioether (sulfide) groups is 1. The fourth-order valence-corrected chi connectivity index (χ4v) is 3.64. The Morgan fingerprint density at radius 2 is 1.84 bits per heavy atom. The van der Waals surface area contributed by atoms with Gasteiger partial charge in [0.2, 0.25) is 5.91 Å². The van der Waals surface area contributed by atoms with Gasteiger partial charge in [0.05, 0.1) is 11.8 Å². The van der Waals surface area contributed by atoms with Crippen LogP contribution in [0.2, 0.25) is 0 Å². The molecule has 0 aliphatic carbocycles. The third-order valence-corrected chi connectivity index (χ3v) is 5.74. The SMILES string of the molecule is Cc1ccc(C(=O)N[C@H](C)c2nnc(SCC(=O)Nc3cc(F)ccc3C)n2C)cc1. The molecule has 162 valence electrons. The number of hydrogen-bond acceptors (Lipinski definition) is 5. The van der Waals surface area contributed by atoms with E-state index in [0.717, 1.165) is 11.1 Å². The Morgan fingerprint density at radius 3 is 2.55 bits per heavy atom. The minimum Gasteiger partial charge on any atom is -0.342 e. The van der Waals surface area contributed by atoms with Crippen molar-refractivity contribution >= 4 is 29.3 Å². The van der Waals surface area contributed by atoms with Crippen molar-refractivity contribution in [3.05, 3.63) is 70.8 Å². The van der Waals surface area contributed by atoms with Crippen LogP contribution in [0.1, 0.15) is 40.3 Å². The second kappa shape index (κ2) is 9.74. The van der Waals surface area contributed by atoms with E-state index in [0.29, 0.717) is 22.2 Å². The largest absolute Gasteiger partial charge is 0.342 e. The normalized spacial score (nSPS) is 11.8. The summed E-state index contributed by atoms with van der Waals surface area (Å²) in [5, 5.41) is 14.4. The molecule has 0 saturated heterocycles. The Balaban J connectivity index is 1.59. The van der Waals surface area contributed by atoms with Gasteiger partial charge >= 0.3 is 0 Å². The second-order valence-corrected chi connectivity index (χ2v) is 8.20. The smallest absolute Gasteiger partial charge is 0.251 e. The molecule has 3 rings (SSSR count). The Labute approximate surface area is 184 Å². The van der Waals surface area contributed by atoms with Gasteiger partial charge < -0.3 is 15.2 Å². The lowest BCUT2D eigenvalue weighted by Gasteiger charge is -2.14. The summed E-state index contributed by atoms with van der Waals surface area (Å²) in [4.78, 5) is 24.7. The average molecular weight is 442 g/mol. The van der Waals surface area contributed by atoms with Crippen molar-refractivity contribution in [3.8, 4) is 0 Å². The van der Waals surface area contributed by atoms with E-state index in [1.807, 2.05) is 26.0 Å². The van der Waals surface area contributed by atoms with E-state index in [2.05, 4.69) is 20.8 Å². The number of rotatable bonds is 7. The van der Waals surface area contributed by atoms with Crippen LogP contribution in [0, 0.1) is 19.7 Å². The van der Waals surface area contributed by atoms with E-state index in [9.17, 15) is 14.0 Å². The number of nitrogens with zero attached hydrogens (tertiary/aromatic N) is 3. The van der Waals surface area contributed by atoms with E-state index in [4.69, 9.17) is 0 Å². The summed E-state index contributed by atoms with van der Waals surface area (Å²) in [5.41, 5.74) is 2.87. The number of carbonyl (C=O) groups is 2. The summed E-state index contributed by atoms with van der Waals surface area (Å²) >= 11 is 1.21. The quantitative estimate of drug-likeness (QED) is 0.545. The number of benzene rings is 2. The van der Waals surface area contributed by atoms with E-state index < -0.39 is 5.82 Å². The van der Waals surface area contributed by atoms with Gasteiger partial charge in [0.15, 0.2) is 11.0 Å². The molecule has 0 fully saturated rings. The molecule has 3 aromatic rings. The number of anilines is 1. The fraction of sp³-hybridized carbons (Fsp3) is 0.273. The molecular formula is C22H24FN5O2S. The zero-order chi connectivity index (χ0) is 22.5. The topological polar surface area (TPSA) is 88.9 Å². The van der Waals surface area contributed by atoms with Crippen molar-refractivity contribution < 1.29 is 14.0 Å². The molecule has 0 radical (unpaired) electrons. The molecule has 2 amide bonds. The highest BCUT2D eigenvalue weighted by atomic mass is 32.2. The zero-order valence-electron chi connectivity index (χ0n) is 17.8. The molecule has 0 saturated carbocycles. The highest BCUT2D eigenvalue weighted by Crippen LogP contribution is 2.21. The van der Waals surface area contributed by atoms with Gasteiger partial charge in [0.25, 0.3) is 5.91 Å². The third kappa shape index (κ3) is 5.69. The minimum absolute atomic E-state index is 0.0893. The summed E-state index contributed by atoms with van der Waals surface area (Å²) in [6, 6.07) is 11.2. The van der Waals surface area contributed by atoms with Crippen molar-refractivity contribution in [3.63, 3.8) is 0 Å². The molecule has 2 N–H and O–H groups in total. The first-order valence-electron chi connectivity index (χ1n) is 9.70. The monoisotopic (exact) mass is 441 g/mol. The molecule has 31 heavy (non-hydrogen) atoms. The fourth-order valence-electron chi connectivity index (χ4n) is 2.92. The van der Waals surface area contributed by atoms with Crippen LogP contribution >= 0.6 is 11.8 Å². The first kappa shape index (κ1) is 22.5. The molecule has 0 spiro atoms. The van der Waals surface area contributed by atoms with Gasteiger partial charge in [-0.1, -0.05) is 35.5 Å². The number of aromatic nitrogens is 3. The van der Waals surface area contributed by atoms with Gasteiger partial charge in [-0.2, -0.15) is 0 Å². The lowest BCUT2D eigenvalue weighted by Crippen LogP contribution is -2.28. The molecule has 0 aliphatic heterocycles. The van der Waals surface area contributed by atoms with Gasteiger partial charge in [-0.15, -0.1) is 10.2 Å². The average Bonchev–Trinajstić information content (AvgIpc) is 3.10. The maximum absolute atomic E-state index is 13.4. The van der Waals surface area contributed by atoms with Crippen LogP contribution in [0.3, 0.4) is 0 Å². The highest BCUT2D eigenvalue weighted by Gasteiger charge is 2.19. The number of hydrogen-bond donors (Lipinski definition) is 2. The van der Waals surface area contributed by atoms with Crippen LogP contribution in [-0.4, -0.2) is 32.3 Å². The van der Waals surface area contributed by atoms with Gasteiger partial charge in [0.1, 0.15) is 5.82 Å². The lowest BCUT2D eigenvalue weighted by molar-refractivity contribution is -0.113. The third-order valence-electron chi connectivity index (χ3n) is 4.72. The second-order valence-electron chi connectivity index (χ2n) is 7.26. The van der Waals surface area contributed by atoms with E-state index in [-0.39, 0.29) is 23.6 Å². The molecule has 0 unspecified atom stereocenters. The van der Waals surface area contributed by atoms with E-state index in [1.54, 1.807) is 36.7 Å². The molecular weight excluding hydrogens is 417 g/mol. The van der Waals surface area contributed by atoms with Crippen LogP contribution in [-0.2, 0) is 11.8 Å².